The van der Waals surface area contributed by atoms with Gasteiger partial charge in [-0.15, -0.1) is 0 Å². The molecule has 78 valence electrons. The van der Waals surface area contributed by atoms with Crippen molar-refractivity contribution in [2.24, 2.45) is 0 Å². The molecule has 2 nitrogen and oxygen atoms in total. The Balaban J connectivity index is 2.46. The zero-order valence-corrected chi connectivity index (χ0v) is 8.74. The Labute approximate surface area is 86.0 Å². The van der Waals surface area contributed by atoms with E-state index in [0.717, 1.165) is 19.4 Å². The molecule has 0 aliphatic heterocycles. The molecular weight excluding hydrogens is 174 g/mol. The highest BCUT2D eigenvalue weighted by Gasteiger charge is 2.06. The van der Waals surface area contributed by atoms with E-state index in [1.54, 1.807) is 0 Å². The Morgan fingerprint density at radius 3 is 2.57 bits per heavy atom. The van der Waals surface area contributed by atoms with Gasteiger partial charge in [0.25, 0.3) is 0 Å². The lowest BCUT2D eigenvalue weighted by atomic mass is 10.0. The molecule has 0 spiro atoms. The van der Waals surface area contributed by atoms with Gasteiger partial charge in [0.05, 0.1) is 0 Å². The SMILES string of the molecule is CCC(NCCCO)c1ccccc1. The van der Waals surface area contributed by atoms with E-state index in [4.69, 9.17) is 5.11 Å². The van der Waals surface area contributed by atoms with Crippen LogP contribution in [0.3, 0.4) is 0 Å². The van der Waals surface area contributed by atoms with Crippen molar-refractivity contribution in [1.29, 1.82) is 0 Å². The van der Waals surface area contributed by atoms with Crippen molar-refractivity contribution < 1.29 is 5.11 Å². The molecule has 14 heavy (non-hydrogen) atoms. The Bertz CT molecular complexity index is 235. The number of aliphatic hydroxyl groups excluding tert-OH is 1. The van der Waals surface area contributed by atoms with Crippen LogP contribution in [-0.4, -0.2) is 18.3 Å². The van der Waals surface area contributed by atoms with E-state index in [2.05, 4.69) is 36.5 Å². The predicted octanol–water partition coefficient (Wildman–Crippen LogP) is 2.11. The van der Waals surface area contributed by atoms with Gasteiger partial charge in [-0.25, -0.2) is 0 Å². The van der Waals surface area contributed by atoms with Gasteiger partial charge < -0.3 is 10.4 Å². The molecule has 1 aromatic rings. The van der Waals surface area contributed by atoms with Gasteiger partial charge in [0.1, 0.15) is 0 Å². The first-order valence-electron chi connectivity index (χ1n) is 5.27. The van der Waals surface area contributed by atoms with Crippen LogP contribution < -0.4 is 5.32 Å². The first-order chi connectivity index (χ1) is 6.88. The summed E-state index contributed by atoms with van der Waals surface area (Å²) in [6.07, 6.45) is 1.90. The number of hydrogen-bond donors (Lipinski definition) is 2. The van der Waals surface area contributed by atoms with Gasteiger partial charge in [-0.05, 0) is 24.9 Å². The molecule has 0 fully saturated rings. The van der Waals surface area contributed by atoms with Crippen molar-refractivity contribution >= 4 is 0 Å². The average molecular weight is 193 g/mol. The standard InChI is InChI=1S/C12H19NO/c1-2-12(13-9-6-10-14)11-7-4-3-5-8-11/h3-5,7-8,12-14H,2,6,9-10H2,1H3. The molecule has 0 saturated carbocycles. The van der Waals surface area contributed by atoms with Crippen LogP contribution in [0.4, 0.5) is 0 Å². The van der Waals surface area contributed by atoms with Gasteiger partial charge in [-0.1, -0.05) is 37.3 Å². The number of rotatable bonds is 6. The molecule has 0 heterocycles. The third-order valence-electron chi connectivity index (χ3n) is 2.34. The third-order valence-corrected chi connectivity index (χ3v) is 2.34. The van der Waals surface area contributed by atoms with Crippen molar-refractivity contribution in [3.63, 3.8) is 0 Å². The second kappa shape index (κ2) is 6.57. The first kappa shape index (κ1) is 11.2. The summed E-state index contributed by atoms with van der Waals surface area (Å²) in [5.41, 5.74) is 1.33. The summed E-state index contributed by atoms with van der Waals surface area (Å²) in [5, 5.41) is 12.1. The highest BCUT2D eigenvalue weighted by atomic mass is 16.3. The molecule has 0 radical (unpaired) electrons. The maximum atomic E-state index is 8.68. The molecule has 1 atom stereocenters. The van der Waals surface area contributed by atoms with E-state index in [0.29, 0.717) is 6.04 Å². The molecule has 2 heteroatoms. The molecule has 2 N–H and O–H groups in total. The highest BCUT2D eigenvalue weighted by molar-refractivity contribution is 5.18. The summed E-state index contributed by atoms with van der Waals surface area (Å²) in [7, 11) is 0. The lowest BCUT2D eigenvalue weighted by Gasteiger charge is -2.16. The number of benzene rings is 1. The van der Waals surface area contributed by atoms with E-state index >= 15 is 0 Å². The molecule has 0 amide bonds. The van der Waals surface area contributed by atoms with Crippen molar-refractivity contribution in [2.75, 3.05) is 13.2 Å². The average Bonchev–Trinajstić information content (AvgIpc) is 2.26. The Hall–Kier alpha value is -0.860. The number of nitrogens with one attached hydrogen (secondary N) is 1. The normalized spacial score (nSPS) is 12.7. The van der Waals surface area contributed by atoms with Crippen molar-refractivity contribution in [2.45, 2.75) is 25.8 Å². The quantitative estimate of drug-likeness (QED) is 0.678. The Morgan fingerprint density at radius 1 is 1.29 bits per heavy atom. The highest BCUT2D eigenvalue weighted by Crippen LogP contribution is 2.15. The molecule has 1 aromatic carbocycles. The van der Waals surface area contributed by atoms with E-state index in [-0.39, 0.29) is 6.61 Å². The maximum Gasteiger partial charge on any atom is 0.0443 e. The van der Waals surface area contributed by atoms with Gasteiger partial charge in [0, 0.05) is 12.6 Å². The second-order valence-corrected chi connectivity index (χ2v) is 3.40. The molecule has 1 rings (SSSR count). The fourth-order valence-corrected chi connectivity index (χ4v) is 1.54. The maximum absolute atomic E-state index is 8.68. The topological polar surface area (TPSA) is 32.3 Å². The van der Waals surface area contributed by atoms with Crippen LogP contribution in [0, 0.1) is 0 Å². The molecule has 0 bridgehead atoms. The monoisotopic (exact) mass is 193 g/mol. The molecule has 1 unspecified atom stereocenters. The van der Waals surface area contributed by atoms with Crippen molar-refractivity contribution in [3.8, 4) is 0 Å². The fraction of sp³-hybridized carbons (Fsp3) is 0.500. The lowest BCUT2D eigenvalue weighted by Crippen LogP contribution is -2.22. The van der Waals surface area contributed by atoms with Crippen LogP contribution >= 0.6 is 0 Å². The van der Waals surface area contributed by atoms with Gasteiger partial charge in [-0.3, -0.25) is 0 Å². The van der Waals surface area contributed by atoms with E-state index < -0.39 is 0 Å². The largest absolute Gasteiger partial charge is 0.396 e. The van der Waals surface area contributed by atoms with Gasteiger partial charge >= 0.3 is 0 Å². The van der Waals surface area contributed by atoms with Gasteiger partial charge in [0.2, 0.25) is 0 Å². The fourth-order valence-electron chi connectivity index (χ4n) is 1.54. The zero-order valence-electron chi connectivity index (χ0n) is 8.74. The summed E-state index contributed by atoms with van der Waals surface area (Å²) in [5.74, 6) is 0. The summed E-state index contributed by atoms with van der Waals surface area (Å²) in [6, 6.07) is 10.9. The van der Waals surface area contributed by atoms with Crippen molar-refractivity contribution in [1.82, 2.24) is 5.32 Å². The summed E-state index contributed by atoms with van der Waals surface area (Å²) in [4.78, 5) is 0. The second-order valence-electron chi connectivity index (χ2n) is 3.40. The van der Waals surface area contributed by atoms with Crippen LogP contribution in [-0.2, 0) is 0 Å². The zero-order chi connectivity index (χ0) is 10.2. The molecule has 0 aromatic heterocycles. The predicted molar refractivity (Wildman–Crippen MR) is 59.2 cm³/mol. The minimum absolute atomic E-state index is 0.262. The van der Waals surface area contributed by atoms with E-state index in [1.165, 1.54) is 5.56 Å². The Morgan fingerprint density at radius 2 is 2.00 bits per heavy atom. The number of aliphatic hydroxyl groups is 1. The van der Waals surface area contributed by atoms with Crippen molar-refractivity contribution in [3.05, 3.63) is 35.9 Å². The lowest BCUT2D eigenvalue weighted by molar-refractivity contribution is 0.283. The van der Waals surface area contributed by atoms with E-state index in [9.17, 15) is 0 Å². The minimum atomic E-state index is 0.262. The van der Waals surface area contributed by atoms with Crippen LogP contribution in [0.5, 0.6) is 0 Å². The van der Waals surface area contributed by atoms with Crippen LogP contribution in [0.2, 0.25) is 0 Å². The summed E-state index contributed by atoms with van der Waals surface area (Å²) in [6.45, 7) is 3.31. The number of hydrogen-bond acceptors (Lipinski definition) is 2. The van der Waals surface area contributed by atoms with Gasteiger partial charge in [-0.2, -0.15) is 0 Å². The van der Waals surface area contributed by atoms with Gasteiger partial charge in [0.15, 0.2) is 0 Å². The summed E-state index contributed by atoms with van der Waals surface area (Å²) < 4.78 is 0. The van der Waals surface area contributed by atoms with E-state index in [1.807, 2.05) is 6.07 Å². The summed E-state index contributed by atoms with van der Waals surface area (Å²) >= 11 is 0. The Kier molecular flexibility index (Phi) is 5.27. The smallest absolute Gasteiger partial charge is 0.0443 e. The molecule has 0 aliphatic rings. The third kappa shape index (κ3) is 3.48. The molecule has 0 aliphatic carbocycles. The molecular formula is C12H19NO. The van der Waals surface area contributed by atoms with Crippen LogP contribution in [0.1, 0.15) is 31.4 Å². The minimum Gasteiger partial charge on any atom is -0.396 e. The molecule has 0 saturated heterocycles. The van der Waals surface area contributed by atoms with Crippen LogP contribution in [0.15, 0.2) is 30.3 Å². The van der Waals surface area contributed by atoms with Crippen LogP contribution in [0.25, 0.3) is 0 Å². The first-order valence-corrected chi connectivity index (χ1v) is 5.27.